The SMILES string of the molecule is Cc1ccnn1CCC(=O)N1CCCC(COc2cccc(Cl)c2)(CC(=O)N(C)Cc2ccccc2)C1. The van der Waals surface area contributed by atoms with Gasteiger partial charge in [-0.05, 0) is 49.6 Å². The fourth-order valence-electron chi connectivity index (χ4n) is 4.92. The van der Waals surface area contributed by atoms with Crippen molar-refractivity contribution in [3.8, 4) is 5.75 Å². The zero-order chi connectivity index (χ0) is 26.3. The molecule has 1 unspecified atom stereocenters. The van der Waals surface area contributed by atoms with Crippen molar-refractivity contribution in [3.05, 3.63) is 83.1 Å². The van der Waals surface area contributed by atoms with Gasteiger partial charge in [-0.3, -0.25) is 14.3 Å². The van der Waals surface area contributed by atoms with Crippen molar-refractivity contribution < 1.29 is 14.3 Å². The van der Waals surface area contributed by atoms with E-state index in [1.807, 2.05) is 72.1 Å². The Morgan fingerprint density at radius 2 is 1.95 bits per heavy atom. The summed E-state index contributed by atoms with van der Waals surface area (Å²) in [5.74, 6) is 0.779. The number of aryl methyl sites for hydroxylation is 2. The molecule has 2 heterocycles. The fourth-order valence-corrected chi connectivity index (χ4v) is 5.10. The molecule has 1 saturated heterocycles. The van der Waals surface area contributed by atoms with Crippen LogP contribution in [0.3, 0.4) is 0 Å². The maximum absolute atomic E-state index is 13.4. The first kappa shape index (κ1) is 26.7. The lowest BCUT2D eigenvalue weighted by molar-refractivity contribution is -0.141. The molecule has 1 aromatic heterocycles. The summed E-state index contributed by atoms with van der Waals surface area (Å²) in [7, 11) is 1.83. The fraction of sp³-hybridized carbons (Fsp3) is 0.414. The van der Waals surface area contributed by atoms with E-state index in [4.69, 9.17) is 16.3 Å². The number of nitrogens with zero attached hydrogens (tertiary/aromatic N) is 4. The van der Waals surface area contributed by atoms with E-state index in [9.17, 15) is 9.59 Å². The first-order chi connectivity index (χ1) is 17.8. The summed E-state index contributed by atoms with van der Waals surface area (Å²) in [5.41, 5.74) is 1.62. The molecule has 7 nitrogen and oxygen atoms in total. The van der Waals surface area contributed by atoms with Gasteiger partial charge in [0.1, 0.15) is 5.75 Å². The minimum Gasteiger partial charge on any atom is -0.493 e. The molecule has 3 aromatic rings. The molecule has 2 aromatic carbocycles. The number of hydrogen-bond donors (Lipinski definition) is 0. The van der Waals surface area contributed by atoms with E-state index in [1.165, 1.54) is 0 Å². The van der Waals surface area contributed by atoms with Crippen LogP contribution in [-0.4, -0.2) is 58.1 Å². The summed E-state index contributed by atoms with van der Waals surface area (Å²) in [6.07, 6.45) is 4.05. The van der Waals surface area contributed by atoms with Gasteiger partial charge in [0.05, 0.1) is 6.61 Å². The van der Waals surface area contributed by atoms with E-state index in [0.29, 0.717) is 56.4 Å². The highest BCUT2D eigenvalue weighted by Gasteiger charge is 2.40. The third kappa shape index (κ3) is 7.35. The molecule has 1 fully saturated rings. The van der Waals surface area contributed by atoms with Gasteiger partial charge >= 0.3 is 0 Å². The number of hydrogen-bond acceptors (Lipinski definition) is 4. The highest BCUT2D eigenvalue weighted by molar-refractivity contribution is 6.30. The molecule has 0 spiro atoms. The van der Waals surface area contributed by atoms with Gasteiger partial charge in [-0.25, -0.2) is 0 Å². The molecular weight excluding hydrogens is 488 g/mol. The lowest BCUT2D eigenvalue weighted by Gasteiger charge is -2.43. The zero-order valence-electron chi connectivity index (χ0n) is 21.6. The van der Waals surface area contributed by atoms with Gasteiger partial charge in [-0.15, -0.1) is 0 Å². The second-order valence-electron chi connectivity index (χ2n) is 10.0. The van der Waals surface area contributed by atoms with Gasteiger partial charge < -0.3 is 14.5 Å². The van der Waals surface area contributed by atoms with Crippen LogP contribution in [0, 0.1) is 12.3 Å². The van der Waals surface area contributed by atoms with E-state index in [-0.39, 0.29) is 11.8 Å². The van der Waals surface area contributed by atoms with Crippen LogP contribution in [0.1, 0.15) is 36.9 Å². The topological polar surface area (TPSA) is 67.7 Å². The number of rotatable bonds is 10. The predicted molar refractivity (Wildman–Crippen MR) is 144 cm³/mol. The lowest BCUT2D eigenvalue weighted by atomic mass is 9.77. The van der Waals surface area contributed by atoms with Crippen molar-refractivity contribution >= 4 is 23.4 Å². The van der Waals surface area contributed by atoms with E-state index < -0.39 is 5.41 Å². The Morgan fingerprint density at radius 3 is 2.68 bits per heavy atom. The number of aromatic nitrogens is 2. The second-order valence-corrected chi connectivity index (χ2v) is 10.5. The minimum atomic E-state index is -0.486. The number of amides is 2. The molecule has 196 valence electrons. The van der Waals surface area contributed by atoms with Crippen molar-refractivity contribution in [1.29, 1.82) is 0 Å². The number of likely N-dealkylation sites (tertiary alicyclic amines) is 1. The lowest BCUT2D eigenvalue weighted by Crippen LogP contribution is -2.50. The maximum Gasteiger partial charge on any atom is 0.224 e. The molecule has 37 heavy (non-hydrogen) atoms. The summed E-state index contributed by atoms with van der Waals surface area (Å²) < 4.78 is 8.03. The highest BCUT2D eigenvalue weighted by Crippen LogP contribution is 2.36. The maximum atomic E-state index is 13.4. The molecular formula is C29H35ClN4O3. The molecule has 4 rings (SSSR count). The molecule has 0 saturated carbocycles. The molecule has 0 bridgehead atoms. The van der Waals surface area contributed by atoms with Gasteiger partial charge in [-0.2, -0.15) is 5.10 Å². The Kier molecular flexibility index (Phi) is 8.87. The third-order valence-corrected chi connectivity index (χ3v) is 7.27. The number of benzene rings is 2. The smallest absolute Gasteiger partial charge is 0.224 e. The largest absolute Gasteiger partial charge is 0.493 e. The Bertz CT molecular complexity index is 1200. The van der Waals surface area contributed by atoms with E-state index in [1.54, 1.807) is 23.2 Å². The molecule has 0 radical (unpaired) electrons. The Balaban J connectivity index is 1.46. The van der Waals surface area contributed by atoms with Crippen LogP contribution in [0.4, 0.5) is 0 Å². The number of carbonyl (C=O) groups excluding carboxylic acids is 2. The van der Waals surface area contributed by atoms with Gasteiger partial charge in [-0.1, -0.05) is 48.0 Å². The van der Waals surface area contributed by atoms with Crippen molar-refractivity contribution in [1.82, 2.24) is 19.6 Å². The van der Waals surface area contributed by atoms with Crippen LogP contribution in [0.5, 0.6) is 5.75 Å². The van der Waals surface area contributed by atoms with Crippen LogP contribution in [0.2, 0.25) is 5.02 Å². The summed E-state index contributed by atoms with van der Waals surface area (Å²) in [5, 5.41) is 4.89. The van der Waals surface area contributed by atoms with Gasteiger partial charge in [0.25, 0.3) is 0 Å². The number of carbonyl (C=O) groups is 2. The third-order valence-electron chi connectivity index (χ3n) is 7.04. The predicted octanol–water partition coefficient (Wildman–Crippen LogP) is 4.97. The molecule has 0 aliphatic carbocycles. The molecule has 2 amide bonds. The van der Waals surface area contributed by atoms with Crippen molar-refractivity contribution in [3.63, 3.8) is 0 Å². The Hall–Kier alpha value is -3.32. The van der Waals surface area contributed by atoms with Crippen molar-refractivity contribution in [2.45, 2.75) is 45.7 Å². The van der Waals surface area contributed by atoms with Gasteiger partial charge in [0, 0.05) is 68.4 Å². The minimum absolute atomic E-state index is 0.0417. The van der Waals surface area contributed by atoms with Crippen LogP contribution < -0.4 is 4.74 Å². The van der Waals surface area contributed by atoms with E-state index in [2.05, 4.69) is 5.10 Å². The van der Waals surface area contributed by atoms with Crippen molar-refractivity contribution in [2.24, 2.45) is 5.41 Å². The zero-order valence-corrected chi connectivity index (χ0v) is 22.4. The molecule has 0 N–H and O–H groups in total. The molecule has 1 aliphatic heterocycles. The molecule has 1 aliphatic rings. The van der Waals surface area contributed by atoms with E-state index in [0.717, 1.165) is 24.1 Å². The van der Waals surface area contributed by atoms with Crippen LogP contribution in [0.25, 0.3) is 0 Å². The summed E-state index contributed by atoms with van der Waals surface area (Å²) in [6.45, 7) is 4.56. The highest BCUT2D eigenvalue weighted by atomic mass is 35.5. The molecule has 1 atom stereocenters. The van der Waals surface area contributed by atoms with Crippen molar-refractivity contribution in [2.75, 3.05) is 26.7 Å². The standard InChI is InChI=1S/C29H35ClN4O3/c1-23-12-15-31-34(23)17-13-27(35)33-16-7-14-29(21-33,22-37-26-11-6-10-25(30)18-26)19-28(36)32(2)20-24-8-4-3-5-9-24/h3-6,8-12,15,18H,7,13-14,16-17,19-22H2,1-2H3. The number of ether oxygens (including phenoxy) is 1. The average molecular weight is 523 g/mol. The van der Waals surface area contributed by atoms with Crippen LogP contribution in [-0.2, 0) is 22.7 Å². The van der Waals surface area contributed by atoms with Crippen LogP contribution >= 0.6 is 11.6 Å². The van der Waals surface area contributed by atoms with E-state index >= 15 is 0 Å². The quantitative estimate of drug-likeness (QED) is 0.377. The van der Waals surface area contributed by atoms with Gasteiger partial charge in [0.2, 0.25) is 11.8 Å². The molecule has 8 heteroatoms. The Labute approximate surface area is 224 Å². The monoisotopic (exact) mass is 522 g/mol. The first-order valence-corrected chi connectivity index (χ1v) is 13.1. The first-order valence-electron chi connectivity index (χ1n) is 12.8. The normalized spacial score (nSPS) is 17.4. The summed E-state index contributed by atoms with van der Waals surface area (Å²) in [4.78, 5) is 30.3. The van der Waals surface area contributed by atoms with Gasteiger partial charge in [0.15, 0.2) is 0 Å². The number of piperidine rings is 1. The average Bonchev–Trinajstić information content (AvgIpc) is 3.31. The summed E-state index contributed by atoms with van der Waals surface area (Å²) in [6, 6.07) is 19.2. The Morgan fingerprint density at radius 1 is 1.14 bits per heavy atom. The summed E-state index contributed by atoms with van der Waals surface area (Å²) >= 11 is 6.16. The second kappa shape index (κ2) is 12.3. The number of halogens is 1. The van der Waals surface area contributed by atoms with Crippen LogP contribution in [0.15, 0.2) is 66.9 Å².